The molecule has 0 aliphatic carbocycles. The van der Waals surface area contributed by atoms with Crippen LogP contribution in [-0.4, -0.2) is 31.5 Å². The van der Waals surface area contributed by atoms with E-state index in [9.17, 15) is 13.9 Å². The van der Waals surface area contributed by atoms with Crippen LogP contribution in [0.3, 0.4) is 0 Å². The summed E-state index contributed by atoms with van der Waals surface area (Å²) >= 11 is 0. The Morgan fingerprint density at radius 3 is 2.61 bits per heavy atom. The summed E-state index contributed by atoms with van der Waals surface area (Å²) < 4.78 is 31.8. The van der Waals surface area contributed by atoms with E-state index >= 15 is 0 Å². The summed E-state index contributed by atoms with van der Waals surface area (Å²) in [6.45, 7) is 3.68. The van der Waals surface area contributed by atoms with Crippen LogP contribution in [0.2, 0.25) is 0 Å². The van der Waals surface area contributed by atoms with Gasteiger partial charge in [0.15, 0.2) is 0 Å². The smallest absolute Gasteiger partial charge is 0.128 e. The molecule has 102 valence electrons. The van der Waals surface area contributed by atoms with Crippen molar-refractivity contribution in [2.45, 2.75) is 26.0 Å². The van der Waals surface area contributed by atoms with Gasteiger partial charge < -0.3 is 15.2 Å². The summed E-state index contributed by atoms with van der Waals surface area (Å²) in [7, 11) is 1.49. The van der Waals surface area contributed by atoms with Crippen molar-refractivity contribution >= 4 is 0 Å². The maximum absolute atomic E-state index is 13.7. The van der Waals surface area contributed by atoms with E-state index < -0.39 is 17.7 Å². The quantitative estimate of drug-likeness (QED) is 0.820. The molecule has 0 fully saturated rings. The van der Waals surface area contributed by atoms with E-state index in [2.05, 4.69) is 5.32 Å². The Balaban J connectivity index is 2.66. The minimum atomic E-state index is -0.671. The fourth-order valence-electron chi connectivity index (χ4n) is 1.67. The molecule has 0 amide bonds. The Hall–Kier alpha value is -1.04. The molecule has 0 aromatic heterocycles. The first-order valence-corrected chi connectivity index (χ1v) is 5.81. The van der Waals surface area contributed by atoms with Crippen molar-refractivity contribution in [1.29, 1.82) is 0 Å². The predicted octanol–water partition coefficient (Wildman–Crippen LogP) is 1.93. The molecule has 2 unspecified atom stereocenters. The molecule has 0 bridgehead atoms. The number of nitrogens with one attached hydrogen (secondary N) is 1. The second-order valence-electron chi connectivity index (χ2n) is 4.36. The average molecular weight is 259 g/mol. The van der Waals surface area contributed by atoms with Gasteiger partial charge in [0.05, 0.1) is 12.7 Å². The van der Waals surface area contributed by atoms with Crippen molar-refractivity contribution in [2.24, 2.45) is 0 Å². The van der Waals surface area contributed by atoms with Gasteiger partial charge in [0, 0.05) is 25.3 Å². The Morgan fingerprint density at radius 1 is 1.33 bits per heavy atom. The summed E-state index contributed by atoms with van der Waals surface area (Å²) in [6.07, 6.45) is -0.671. The number of aryl methyl sites for hydroxylation is 1. The van der Waals surface area contributed by atoms with Crippen molar-refractivity contribution in [3.8, 4) is 0 Å². The fraction of sp³-hybridized carbons (Fsp3) is 0.538. The molecule has 0 radical (unpaired) electrons. The zero-order chi connectivity index (χ0) is 13.7. The van der Waals surface area contributed by atoms with Gasteiger partial charge in [0.25, 0.3) is 0 Å². The molecule has 1 aromatic rings. The first-order chi connectivity index (χ1) is 8.45. The zero-order valence-electron chi connectivity index (χ0n) is 10.8. The van der Waals surface area contributed by atoms with Gasteiger partial charge in [-0.25, -0.2) is 8.78 Å². The SMILES string of the molecule is COCC(O)CNC(C)c1cc(F)c(C)cc1F. The van der Waals surface area contributed by atoms with Gasteiger partial charge in [-0.05, 0) is 31.5 Å². The van der Waals surface area contributed by atoms with Gasteiger partial charge >= 0.3 is 0 Å². The molecule has 3 nitrogen and oxygen atoms in total. The number of aliphatic hydroxyl groups excluding tert-OH is 1. The third-order valence-corrected chi connectivity index (χ3v) is 2.76. The van der Waals surface area contributed by atoms with Crippen LogP contribution in [0.15, 0.2) is 12.1 Å². The Bertz CT molecular complexity index is 399. The van der Waals surface area contributed by atoms with Gasteiger partial charge in [0.1, 0.15) is 11.6 Å². The maximum atomic E-state index is 13.7. The summed E-state index contributed by atoms with van der Waals surface area (Å²) in [4.78, 5) is 0. The molecule has 0 heterocycles. The summed E-state index contributed by atoms with van der Waals surface area (Å²) in [5.41, 5.74) is 0.533. The molecular formula is C13H19F2NO2. The van der Waals surface area contributed by atoms with E-state index in [1.54, 1.807) is 6.92 Å². The number of benzene rings is 1. The van der Waals surface area contributed by atoms with Crippen LogP contribution in [0.1, 0.15) is 24.1 Å². The molecule has 0 aliphatic heterocycles. The van der Waals surface area contributed by atoms with Crippen molar-refractivity contribution < 1.29 is 18.6 Å². The predicted molar refractivity (Wildman–Crippen MR) is 65.4 cm³/mol. The lowest BCUT2D eigenvalue weighted by Crippen LogP contribution is -2.32. The summed E-state index contributed by atoms with van der Waals surface area (Å²) in [5.74, 6) is -0.882. The highest BCUT2D eigenvalue weighted by molar-refractivity contribution is 5.27. The number of hydrogen-bond donors (Lipinski definition) is 2. The van der Waals surface area contributed by atoms with Crippen LogP contribution in [0.5, 0.6) is 0 Å². The van der Waals surface area contributed by atoms with E-state index in [0.717, 1.165) is 0 Å². The number of hydrogen-bond acceptors (Lipinski definition) is 3. The highest BCUT2D eigenvalue weighted by Crippen LogP contribution is 2.20. The minimum absolute atomic E-state index is 0.199. The van der Waals surface area contributed by atoms with Gasteiger partial charge in [0.2, 0.25) is 0 Å². The van der Waals surface area contributed by atoms with Crippen LogP contribution in [0, 0.1) is 18.6 Å². The van der Waals surface area contributed by atoms with Gasteiger partial charge in [-0.15, -0.1) is 0 Å². The lowest BCUT2D eigenvalue weighted by molar-refractivity contribution is 0.0630. The Labute approximate surface area is 106 Å². The van der Waals surface area contributed by atoms with Crippen LogP contribution in [0.25, 0.3) is 0 Å². The molecule has 0 saturated carbocycles. The third kappa shape index (κ3) is 4.01. The lowest BCUT2D eigenvalue weighted by Gasteiger charge is -2.18. The topological polar surface area (TPSA) is 41.5 Å². The molecule has 1 aromatic carbocycles. The second kappa shape index (κ2) is 6.78. The number of rotatable bonds is 6. The first kappa shape index (κ1) is 15.0. The van der Waals surface area contributed by atoms with E-state index in [4.69, 9.17) is 4.74 Å². The van der Waals surface area contributed by atoms with E-state index in [-0.39, 0.29) is 30.3 Å². The van der Waals surface area contributed by atoms with Crippen molar-refractivity contribution in [2.75, 3.05) is 20.3 Å². The Kier molecular flexibility index (Phi) is 5.65. The van der Waals surface area contributed by atoms with Crippen molar-refractivity contribution in [3.05, 3.63) is 34.9 Å². The standard InChI is InChI=1S/C13H19F2NO2/c1-8-4-13(15)11(5-12(8)14)9(2)16-6-10(17)7-18-3/h4-5,9-10,16-17H,6-7H2,1-3H3. The molecule has 2 atom stereocenters. The lowest BCUT2D eigenvalue weighted by atomic mass is 10.0. The zero-order valence-corrected chi connectivity index (χ0v) is 10.8. The number of halogens is 2. The molecule has 1 rings (SSSR count). The van der Waals surface area contributed by atoms with Crippen LogP contribution in [-0.2, 0) is 4.74 Å². The van der Waals surface area contributed by atoms with Crippen LogP contribution in [0.4, 0.5) is 8.78 Å². The van der Waals surface area contributed by atoms with E-state index in [1.165, 1.54) is 26.2 Å². The van der Waals surface area contributed by atoms with Crippen LogP contribution < -0.4 is 5.32 Å². The number of methoxy groups -OCH3 is 1. The van der Waals surface area contributed by atoms with Gasteiger partial charge in [-0.1, -0.05) is 0 Å². The summed E-state index contributed by atoms with van der Waals surface area (Å²) in [6, 6.07) is 1.98. The molecule has 18 heavy (non-hydrogen) atoms. The third-order valence-electron chi connectivity index (χ3n) is 2.76. The highest BCUT2D eigenvalue weighted by atomic mass is 19.1. The van der Waals surface area contributed by atoms with E-state index in [1.807, 2.05) is 0 Å². The molecule has 0 spiro atoms. The second-order valence-corrected chi connectivity index (χ2v) is 4.36. The summed E-state index contributed by atoms with van der Waals surface area (Å²) in [5, 5.41) is 12.4. The Morgan fingerprint density at radius 2 is 2.00 bits per heavy atom. The number of ether oxygens (including phenoxy) is 1. The normalized spacial score (nSPS) is 14.6. The molecule has 2 N–H and O–H groups in total. The minimum Gasteiger partial charge on any atom is -0.389 e. The first-order valence-electron chi connectivity index (χ1n) is 5.81. The molecular weight excluding hydrogens is 240 g/mol. The number of aliphatic hydroxyl groups is 1. The molecule has 0 aliphatic rings. The van der Waals surface area contributed by atoms with Crippen molar-refractivity contribution in [3.63, 3.8) is 0 Å². The monoisotopic (exact) mass is 259 g/mol. The highest BCUT2D eigenvalue weighted by Gasteiger charge is 2.14. The van der Waals surface area contributed by atoms with Gasteiger partial charge in [-0.2, -0.15) is 0 Å². The van der Waals surface area contributed by atoms with Crippen molar-refractivity contribution in [1.82, 2.24) is 5.32 Å². The largest absolute Gasteiger partial charge is 0.389 e. The molecule has 0 saturated heterocycles. The molecule has 5 heteroatoms. The van der Waals surface area contributed by atoms with Crippen LogP contribution >= 0.6 is 0 Å². The van der Waals surface area contributed by atoms with E-state index in [0.29, 0.717) is 0 Å². The fourth-order valence-corrected chi connectivity index (χ4v) is 1.67. The maximum Gasteiger partial charge on any atom is 0.128 e. The van der Waals surface area contributed by atoms with Gasteiger partial charge in [-0.3, -0.25) is 0 Å². The average Bonchev–Trinajstić information content (AvgIpc) is 2.31.